The Bertz CT molecular complexity index is 463. The number of nitrogens with one attached hydrogen (secondary N) is 2. The lowest BCUT2D eigenvalue weighted by Crippen LogP contribution is -2.39. The summed E-state index contributed by atoms with van der Waals surface area (Å²) in [6, 6.07) is 7.04. The van der Waals surface area contributed by atoms with Crippen LogP contribution in [0.5, 0.6) is 5.75 Å². The van der Waals surface area contributed by atoms with Crippen molar-refractivity contribution in [1.29, 1.82) is 0 Å². The third-order valence-electron chi connectivity index (χ3n) is 2.92. The first kappa shape index (κ1) is 18.4. The molecule has 1 rings (SSSR count). The smallest absolute Gasteiger partial charge is 0.257 e. The molecule has 1 aromatic carbocycles. The van der Waals surface area contributed by atoms with Crippen LogP contribution in [0, 0.1) is 0 Å². The maximum absolute atomic E-state index is 12.0. The molecule has 0 saturated heterocycles. The van der Waals surface area contributed by atoms with E-state index in [0.29, 0.717) is 30.4 Å². The quantitative estimate of drug-likeness (QED) is 0.540. The molecule has 0 unspecified atom stereocenters. The monoisotopic (exact) mass is 324 g/mol. The number of carbonyl (C=O) groups is 1. The number of ether oxygens (including phenoxy) is 2. The molecule has 0 heterocycles. The predicted octanol–water partition coefficient (Wildman–Crippen LogP) is 2.51. The first-order valence-corrected chi connectivity index (χ1v) is 7.89. The summed E-state index contributed by atoms with van der Waals surface area (Å²) in [5.41, 5.74) is 0.545. The van der Waals surface area contributed by atoms with Gasteiger partial charge in [-0.3, -0.25) is 10.1 Å². The molecule has 0 bridgehead atoms. The summed E-state index contributed by atoms with van der Waals surface area (Å²) >= 11 is 5.07. The van der Waals surface area contributed by atoms with Gasteiger partial charge in [-0.1, -0.05) is 13.3 Å². The van der Waals surface area contributed by atoms with Gasteiger partial charge in [-0.25, -0.2) is 0 Å². The molecule has 0 saturated carbocycles. The zero-order valence-electron chi connectivity index (χ0n) is 13.2. The highest BCUT2D eigenvalue weighted by atomic mass is 32.1. The fourth-order valence-electron chi connectivity index (χ4n) is 1.67. The van der Waals surface area contributed by atoms with Crippen molar-refractivity contribution in [3.8, 4) is 5.75 Å². The molecule has 1 amide bonds. The van der Waals surface area contributed by atoms with Crippen molar-refractivity contribution in [1.82, 2.24) is 10.6 Å². The van der Waals surface area contributed by atoms with Gasteiger partial charge in [0.1, 0.15) is 5.75 Å². The molecule has 0 spiro atoms. The van der Waals surface area contributed by atoms with Gasteiger partial charge >= 0.3 is 0 Å². The lowest BCUT2D eigenvalue weighted by Gasteiger charge is -2.10. The number of amides is 1. The number of carbonyl (C=O) groups excluding carboxylic acids is 1. The Hall–Kier alpha value is -1.66. The van der Waals surface area contributed by atoms with E-state index < -0.39 is 0 Å². The maximum Gasteiger partial charge on any atom is 0.257 e. The van der Waals surface area contributed by atoms with Gasteiger partial charge in [0.15, 0.2) is 5.11 Å². The Kier molecular flexibility index (Phi) is 9.18. The number of benzene rings is 1. The zero-order valence-corrected chi connectivity index (χ0v) is 14.0. The standard InChI is InChI=1S/C16H24N2O3S/c1-3-4-12-21-14-8-6-13(7-9-14)15(19)18-16(22)17-10-5-11-20-2/h6-9H,3-5,10-12H2,1-2H3,(H2,17,18,19,22). The summed E-state index contributed by atoms with van der Waals surface area (Å²) in [4.78, 5) is 12.0. The van der Waals surface area contributed by atoms with E-state index in [9.17, 15) is 4.79 Å². The largest absolute Gasteiger partial charge is 0.494 e. The van der Waals surface area contributed by atoms with Crippen molar-refractivity contribution < 1.29 is 14.3 Å². The molecule has 6 heteroatoms. The van der Waals surface area contributed by atoms with E-state index in [1.165, 1.54) is 0 Å². The van der Waals surface area contributed by atoms with Crippen LogP contribution in [0.4, 0.5) is 0 Å². The van der Waals surface area contributed by atoms with Gasteiger partial charge in [-0.15, -0.1) is 0 Å². The third kappa shape index (κ3) is 7.38. The second kappa shape index (κ2) is 11.0. The van der Waals surface area contributed by atoms with Crippen LogP contribution in [0.15, 0.2) is 24.3 Å². The average molecular weight is 324 g/mol. The Morgan fingerprint density at radius 3 is 2.55 bits per heavy atom. The summed E-state index contributed by atoms with van der Waals surface area (Å²) in [5, 5.41) is 5.93. The number of hydrogen-bond acceptors (Lipinski definition) is 4. The van der Waals surface area contributed by atoms with Crippen molar-refractivity contribution in [3.63, 3.8) is 0 Å². The Morgan fingerprint density at radius 1 is 1.18 bits per heavy atom. The number of rotatable bonds is 9. The average Bonchev–Trinajstić information content (AvgIpc) is 2.52. The molecule has 0 aliphatic heterocycles. The summed E-state index contributed by atoms with van der Waals surface area (Å²) in [6.45, 7) is 4.13. The molecule has 2 N–H and O–H groups in total. The molecule has 0 atom stereocenters. The second-order valence-corrected chi connectivity index (χ2v) is 5.19. The second-order valence-electron chi connectivity index (χ2n) is 4.78. The predicted molar refractivity (Wildman–Crippen MR) is 91.4 cm³/mol. The van der Waals surface area contributed by atoms with E-state index in [-0.39, 0.29) is 5.91 Å². The Morgan fingerprint density at radius 2 is 1.91 bits per heavy atom. The van der Waals surface area contributed by atoms with Crippen LogP contribution in [0.25, 0.3) is 0 Å². The Balaban J connectivity index is 2.36. The number of methoxy groups -OCH3 is 1. The molecule has 0 radical (unpaired) electrons. The summed E-state index contributed by atoms with van der Waals surface area (Å²) in [6.07, 6.45) is 2.94. The molecule has 5 nitrogen and oxygen atoms in total. The van der Waals surface area contributed by atoms with E-state index >= 15 is 0 Å². The lowest BCUT2D eigenvalue weighted by molar-refractivity contribution is 0.0976. The van der Waals surface area contributed by atoms with Crippen molar-refractivity contribution in [2.45, 2.75) is 26.2 Å². The van der Waals surface area contributed by atoms with E-state index in [2.05, 4.69) is 17.6 Å². The van der Waals surface area contributed by atoms with E-state index in [4.69, 9.17) is 21.7 Å². The molecular weight excluding hydrogens is 300 g/mol. The molecule has 0 aromatic heterocycles. The molecule has 1 aromatic rings. The third-order valence-corrected chi connectivity index (χ3v) is 3.17. The summed E-state index contributed by atoms with van der Waals surface area (Å²) < 4.78 is 10.5. The van der Waals surface area contributed by atoms with E-state index in [0.717, 1.165) is 25.0 Å². The van der Waals surface area contributed by atoms with Gasteiger partial charge < -0.3 is 14.8 Å². The minimum absolute atomic E-state index is 0.232. The molecule has 122 valence electrons. The van der Waals surface area contributed by atoms with Gasteiger partial charge in [0, 0.05) is 25.8 Å². The Labute approximate surface area is 137 Å². The highest BCUT2D eigenvalue weighted by Crippen LogP contribution is 2.12. The molecule has 0 aliphatic carbocycles. The van der Waals surface area contributed by atoms with Crippen molar-refractivity contribution in [2.75, 3.05) is 26.9 Å². The van der Waals surface area contributed by atoms with Gasteiger partial charge in [-0.2, -0.15) is 0 Å². The lowest BCUT2D eigenvalue weighted by atomic mass is 10.2. The van der Waals surface area contributed by atoms with Crippen LogP contribution in [0.1, 0.15) is 36.5 Å². The fraction of sp³-hybridized carbons (Fsp3) is 0.500. The SMILES string of the molecule is CCCCOc1ccc(C(=O)NC(=S)NCCCOC)cc1. The van der Waals surface area contributed by atoms with Crippen LogP contribution in [0.3, 0.4) is 0 Å². The highest BCUT2D eigenvalue weighted by molar-refractivity contribution is 7.80. The topological polar surface area (TPSA) is 59.6 Å². The fourth-order valence-corrected chi connectivity index (χ4v) is 1.87. The van der Waals surface area contributed by atoms with Crippen LogP contribution >= 0.6 is 12.2 Å². The summed E-state index contributed by atoms with van der Waals surface area (Å²) in [7, 11) is 1.65. The van der Waals surface area contributed by atoms with Gasteiger partial charge in [0.2, 0.25) is 0 Å². The van der Waals surface area contributed by atoms with E-state index in [1.54, 1.807) is 31.4 Å². The number of unbranched alkanes of at least 4 members (excludes halogenated alkanes) is 1. The van der Waals surface area contributed by atoms with Crippen molar-refractivity contribution >= 4 is 23.2 Å². The normalized spacial score (nSPS) is 10.1. The molecular formula is C16H24N2O3S. The van der Waals surface area contributed by atoms with Crippen LogP contribution < -0.4 is 15.4 Å². The van der Waals surface area contributed by atoms with Gasteiger partial charge in [0.25, 0.3) is 5.91 Å². The highest BCUT2D eigenvalue weighted by Gasteiger charge is 2.07. The van der Waals surface area contributed by atoms with Crippen LogP contribution in [-0.4, -0.2) is 37.9 Å². The summed E-state index contributed by atoms with van der Waals surface area (Å²) in [5.74, 6) is 0.537. The van der Waals surface area contributed by atoms with Crippen LogP contribution in [0.2, 0.25) is 0 Å². The maximum atomic E-state index is 12.0. The number of thiocarbonyl (C=S) groups is 1. The van der Waals surface area contributed by atoms with Crippen LogP contribution in [-0.2, 0) is 4.74 Å². The van der Waals surface area contributed by atoms with Crippen molar-refractivity contribution in [2.24, 2.45) is 0 Å². The molecule has 22 heavy (non-hydrogen) atoms. The zero-order chi connectivity index (χ0) is 16.2. The molecule has 0 fully saturated rings. The first-order chi connectivity index (χ1) is 10.7. The van der Waals surface area contributed by atoms with Crippen molar-refractivity contribution in [3.05, 3.63) is 29.8 Å². The minimum Gasteiger partial charge on any atom is -0.494 e. The van der Waals surface area contributed by atoms with E-state index in [1.807, 2.05) is 0 Å². The first-order valence-electron chi connectivity index (χ1n) is 7.48. The molecule has 0 aliphatic rings. The number of hydrogen-bond donors (Lipinski definition) is 2. The van der Waals surface area contributed by atoms with Gasteiger partial charge in [-0.05, 0) is 49.3 Å². The van der Waals surface area contributed by atoms with Gasteiger partial charge in [0.05, 0.1) is 6.61 Å². The minimum atomic E-state index is -0.232.